The van der Waals surface area contributed by atoms with E-state index in [4.69, 9.17) is 10.2 Å². The molecule has 0 atom stereocenters. The summed E-state index contributed by atoms with van der Waals surface area (Å²) in [5.41, 5.74) is 8.82. The van der Waals surface area contributed by atoms with Gasteiger partial charge in [-0.1, -0.05) is 6.07 Å². The molecule has 0 fully saturated rings. The highest BCUT2D eigenvalue weighted by atomic mass is 16.3. The number of hydrogen-bond acceptors (Lipinski definition) is 4. The zero-order valence-electron chi connectivity index (χ0n) is 11.5. The van der Waals surface area contributed by atoms with Crippen LogP contribution < -0.4 is 5.73 Å². The average Bonchev–Trinajstić information content (AvgIpc) is 2.53. The highest BCUT2D eigenvalue weighted by Crippen LogP contribution is 2.18. The highest BCUT2D eigenvalue weighted by Gasteiger charge is 2.14. The lowest BCUT2D eigenvalue weighted by Crippen LogP contribution is -2.43. The van der Waals surface area contributed by atoms with Crippen molar-refractivity contribution in [2.75, 3.05) is 13.6 Å². The predicted octanol–water partition coefficient (Wildman–Crippen LogP) is 2.31. The van der Waals surface area contributed by atoms with Gasteiger partial charge < -0.3 is 15.1 Å². The molecule has 4 heteroatoms. The van der Waals surface area contributed by atoms with Crippen LogP contribution in [0.4, 0.5) is 0 Å². The van der Waals surface area contributed by atoms with Gasteiger partial charge in [0.1, 0.15) is 5.52 Å². The minimum absolute atomic E-state index is 0.179. The lowest BCUT2D eigenvalue weighted by Gasteiger charge is -2.26. The van der Waals surface area contributed by atoms with E-state index < -0.39 is 0 Å². The number of benzene rings is 1. The van der Waals surface area contributed by atoms with Crippen LogP contribution in [-0.4, -0.2) is 29.0 Å². The molecule has 2 rings (SSSR count). The summed E-state index contributed by atoms with van der Waals surface area (Å²) in [6.07, 6.45) is 0. The average molecular weight is 247 g/mol. The lowest BCUT2D eigenvalue weighted by atomic mass is 10.1. The second kappa shape index (κ2) is 4.71. The van der Waals surface area contributed by atoms with Crippen LogP contribution in [0.25, 0.3) is 11.1 Å². The molecule has 4 nitrogen and oxygen atoms in total. The molecular formula is C14H21N3O. The molecule has 0 saturated heterocycles. The number of nitrogens with zero attached hydrogens (tertiary/aromatic N) is 2. The van der Waals surface area contributed by atoms with E-state index >= 15 is 0 Å². The normalized spacial score (nSPS) is 12.6. The van der Waals surface area contributed by atoms with Gasteiger partial charge in [0, 0.05) is 25.6 Å². The smallest absolute Gasteiger partial charge is 0.192 e. The van der Waals surface area contributed by atoms with E-state index in [2.05, 4.69) is 29.1 Å². The van der Waals surface area contributed by atoms with Crippen LogP contribution in [-0.2, 0) is 6.54 Å². The van der Waals surface area contributed by atoms with E-state index in [0.29, 0.717) is 5.89 Å². The molecule has 98 valence electrons. The first kappa shape index (κ1) is 13.1. The number of fused-ring (bicyclic) bond motifs is 1. The molecule has 0 aliphatic rings. The molecule has 1 heterocycles. The Balaban J connectivity index is 2.11. The first-order valence-electron chi connectivity index (χ1n) is 6.17. The Bertz CT molecular complexity index is 539. The molecule has 0 saturated carbocycles. The van der Waals surface area contributed by atoms with Crippen molar-refractivity contribution in [1.29, 1.82) is 0 Å². The van der Waals surface area contributed by atoms with Crippen LogP contribution in [0.2, 0.25) is 0 Å². The summed E-state index contributed by atoms with van der Waals surface area (Å²) in [5, 5.41) is 0. The van der Waals surface area contributed by atoms with Gasteiger partial charge in [-0.15, -0.1) is 0 Å². The van der Waals surface area contributed by atoms with Gasteiger partial charge in [0.2, 0.25) is 0 Å². The Morgan fingerprint density at radius 1 is 1.39 bits per heavy atom. The summed E-state index contributed by atoms with van der Waals surface area (Å²) < 4.78 is 5.54. The first-order valence-corrected chi connectivity index (χ1v) is 6.17. The van der Waals surface area contributed by atoms with Crippen LogP contribution in [0.5, 0.6) is 0 Å². The predicted molar refractivity (Wildman–Crippen MR) is 73.3 cm³/mol. The second-order valence-corrected chi connectivity index (χ2v) is 5.70. The van der Waals surface area contributed by atoms with Crippen molar-refractivity contribution in [3.63, 3.8) is 0 Å². The maximum Gasteiger partial charge on any atom is 0.192 e. The van der Waals surface area contributed by atoms with Gasteiger partial charge in [0.15, 0.2) is 11.5 Å². The van der Waals surface area contributed by atoms with E-state index in [9.17, 15) is 0 Å². The molecule has 0 spiro atoms. The summed E-state index contributed by atoms with van der Waals surface area (Å²) in [6.45, 7) is 7.64. The van der Waals surface area contributed by atoms with E-state index in [1.165, 1.54) is 5.56 Å². The number of aryl methyl sites for hydroxylation is 1. The Morgan fingerprint density at radius 2 is 2.11 bits per heavy atom. The van der Waals surface area contributed by atoms with Crippen molar-refractivity contribution in [2.24, 2.45) is 5.73 Å². The molecule has 0 amide bonds. The molecule has 2 N–H and O–H groups in total. The Hall–Kier alpha value is -1.39. The third-order valence-corrected chi connectivity index (χ3v) is 2.69. The zero-order chi connectivity index (χ0) is 13.3. The minimum Gasteiger partial charge on any atom is -0.441 e. The summed E-state index contributed by atoms with van der Waals surface area (Å²) in [6, 6.07) is 6.14. The fraction of sp³-hybridized carbons (Fsp3) is 0.500. The molecule has 0 aliphatic carbocycles. The van der Waals surface area contributed by atoms with E-state index in [-0.39, 0.29) is 5.54 Å². The van der Waals surface area contributed by atoms with Crippen molar-refractivity contribution in [3.8, 4) is 0 Å². The van der Waals surface area contributed by atoms with Crippen LogP contribution in [0, 0.1) is 6.92 Å². The number of nitrogens with two attached hydrogens (primary N) is 1. The highest BCUT2D eigenvalue weighted by molar-refractivity contribution is 5.73. The van der Waals surface area contributed by atoms with Crippen LogP contribution in [0.3, 0.4) is 0 Å². The first-order chi connectivity index (χ1) is 8.33. The Kier molecular flexibility index (Phi) is 3.41. The van der Waals surface area contributed by atoms with Gasteiger partial charge in [0.25, 0.3) is 0 Å². The van der Waals surface area contributed by atoms with Crippen molar-refractivity contribution < 1.29 is 4.42 Å². The number of oxazole rings is 1. The van der Waals surface area contributed by atoms with E-state index in [1.54, 1.807) is 0 Å². The summed E-state index contributed by atoms with van der Waals surface area (Å²) in [5.74, 6) is 0.707. The lowest BCUT2D eigenvalue weighted by molar-refractivity contribution is 0.263. The maximum absolute atomic E-state index is 6.01. The summed E-state index contributed by atoms with van der Waals surface area (Å²) in [4.78, 5) is 6.51. The van der Waals surface area contributed by atoms with Crippen molar-refractivity contribution in [2.45, 2.75) is 32.9 Å². The topological polar surface area (TPSA) is 55.3 Å². The van der Waals surface area contributed by atoms with Crippen LogP contribution in [0.15, 0.2) is 22.6 Å². The third kappa shape index (κ3) is 3.31. The summed E-state index contributed by atoms with van der Waals surface area (Å²) >= 11 is 0. The fourth-order valence-electron chi connectivity index (χ4n) is 2.25. The van der Waals surface area contributed by atoms with Gasteiger partial charge >= 0.3 is 0 Å². The molecule has 0 aliphatic heterocycles. The van der Waals surface area contributed by atoms with Crippen molar-refractivity contribution in [3.05, 3.63) is 29.7 Å². The van der Waals surface area contributed by atoms with Gasteiger partial charge in [-0.3, -0.25) is 0 Å². The molecular weight excluding hydrogens is 226 g/mol. The van der Waals surface area contributed by atoms with Crippen LogP contribution in [0.1, 0.15) is 25.3 Å². The summed E-state index contributed by atoms with van der Waals surface area (Å²) in [7, 11) is 2.07. The molecule has 18 heavy (non-hydrogen) atoms. The van der Waals surface area contributed by atoms with Gasteiger partial charge in [-0.25, -0.2) is 4.98 Å². The molecule has 1 aromatic heterocycles. The van der Waals surface area contributed by atoms with Crippen molar-refractivity contribution >= 4 is 11.1 Å². The van der Waals surface area contributed by atoms with Gasteiger partial charge in [-0.05, 0) is 38.6 Å². The second-order valence-electron chi connectivity index (χ2n) is 5.70. The monoisotopic (exact) mass is 247 g/mol. The maximum atomic E-state index is 6.01. The van der Waals surface area contributed by atoms with Crippen molar-refractivity contribution in [1.82, 2.24) is 9.88 Å². The van der Waals surface area contributed by atoms with Gasteiger partial charge in [0.05, 0.1) is 0 Å². The molecule has 0 bridgehead atoms. The minimum atomic E-state index is -0.179. The molecule has 0 radical (unpaired) electrons. The van der Waals surface area contributed by atoms with E-state index in [0.717, 1.165) is 24.2 Å². The number of rotatable bonds is 4. The quantitative estimate of drug-likeness (QED) is 0.900. The van der Waals surface area contributed by atoms with Gasteiger partial charge in [-0.2, -0.15) is 0 Å². The van der Waals surface area contributed by atoms with Crippen LogP contribution >= 0.6 is 0 Å². The standard InChI is InChI=1S/C14H21N3O/c1-10-16-12-6-5-11(7-13(12)18-10)8-17(4)9-14(2,3)15/h5-7H,8-9,15H2,1-4H3. The number of aromatic nitrogens is 1. The Labute approximate surface area is 108 Å². The molecule has 2 aromatic rings. The fourth-order valence-corrected chi connectivity index (χ4v) is 2.25. The molecule has 1 aromatic carbocycles. The Morgan fingerprint density at radius 3 is 2.78 bits per heavy atom. The third-order valence-electron chi connectivity index (χ3n) is 2.69. The SMILES string of the molecule is Cc1nc2ccc(CN(C)CC(C)(C)N)cc2o1. The van der Waals surface area contributed by atoms with E-state index in [1.807, 2.05) is 26.8 Å². The largest absolute Gasteiger partial charge is 0.441 e. The number of likely N-dealkylation sites (N-methyl/N-ethyl adjacent to an activating group) is 1. The number of hydrogen-bond donors (Lipinski definition) is 1. The zero-order valence-corrected chi connectivity index (χ0v) is 11.5. The molecule has 0 unspecified atom stereocenters.